The number of nitrogens with zero attached hydrogens (tertiary/aromatic N) is 3. The summed E-state index contributed by atoms with van der Waals surface area (Å²) >= 11 is 3.50. The average molecular weight is 469 g/mol. The van der Waals surface area contributed by atoms with Crippen LogP contribution in [0.2, 0.25) is 0 Å². The fourth-order valence-electron chi connectivity index (χ4n) is 3.14. The van der Waals surface area contributed by atoms with Crippen LogP contribution in [0.3, 0.4) is 0 Å². The number of anilines is 1. The van der Waals surface area contributed by atoms with Gasteiger partial charge in [0.2, 0.25) is 5.88 Å². The molecule has 0 saturated heterocycles. The summed E-state index contributed by atoms with van der Waals surface area (Å²) in [5, 5.41) is 3.36. The summed E-state index contributed by atoms with van der Waals surface area (Å²) in [5.41, 5.74) is 5.35. The van der Waals surface area contributed by atoms with E-state index in [1.54, 1.807) is 12.1 Å². The molecule has 0 radical (unpaired) electrons. The first-order chi connectivity index (χ1) is 14.5. The highest BCUT2D eigenvalue weighted by Gasteiger charge is 2.16. The summed E-state index contributed by atoms with van der Waals surface area (Å²) in [6.45, 7) is 5.25. The van der Waals surface area contributed by atoms with E-state index in [0.29, 0.717) is 18.2 Å². The fraction of sp³-hybridized carbons (Fsp3) is 0.217. The SMILES string of the molecule is Cc1ccc2nc(-c3ccc(F)cc3)c(OCCCNc3cnc(C)c(Br)c3)n2c1. The molecule has 30 heavy (non-hydrogen) atoms. The van der Waals surface area contributed by atoms with Crippen LogP contribution in [0, 0.1) is 19.7 Å². The van der Waals surface area contributed by atoms with Crippen molar-refractivity contribution in [2.75, 3.05) is 18.5 Å². The van der Waals surface area contributed by atoms with Crippen LogP contribution in [0.4, 0.5) is 10.1 Å². The highest BCUT2D eigenvalue weighted by atomic mass is 79.9. The van der Waals surface area contributed by atoms with E-state index >= 15 is 0 Å². The maximum absolute atomic E-state index is 13.4. The molecule has 0 unspecified atom stereocenters. The van der Waals surface area contributed by atoms with Crippen LogP contribution in [0.5, 0.6) is 5.88 Å². The Hall–Kier alpha value is -2.93. The molecular formula is C23H22BrFN4O. The molecule has 0 bridgehead atoms. The zero-order chi connectivity index (χ0) is 21.1. The van der Waals surface area contributed by atoms with Gasteiger partial charge in [-0.2, -0.15) is 0 Å². The van der Waals surface area contributed by atoms with Crippen molar-refractivity contribution < 1.29 is 9.13 Å². The van der Waals surface area contributed by atoms with Crippen molar-refractivity contribution >= 4 is 27.3 Å². The van der Waals surface area contributed by atoms with Crippen LogP contribution in [0.1, 0.15) is 17.7 Å². The summed E-state index contributed by atoms with van der Waals surface area (Å²) in [5.74, 6) is 0.393. The number of nitrogens with one attached hydrogen (secondary N) is 1. The Kier molecular flexibility index (Phi) is 5.99. The van der Waals surface area contributed by atoms with Gasteiger partial charge in [0.05, 0.1) is 24.2 Å². The predicted molar refractivity (Wildman–Crippen MR) is 121 cm³/mol. The maximum Gasteiger partial charge on any atom is 0.226 e. The van der Waals surface area contributed by atoms with E-state index in [1.165, 1.54) is 12.1 Å². The van der Waals surface area contributed by atoms with E-state index < -0.39 is 0 Å². The minimum absolute atomic E-state index is 0.274. The molecule has 0 aliphatic heterocycles. The van der Waals surface area contributed by atoms with Gasteiger partial charge in [0.25, 0.3) is 0 Å². The Morgan fingerprint density at radius 3 is 2.70 bits per heavy atom. The highest BCUT2D eigenvalue weighted by Crippen LogP contribution is 2.31. The van der Waals surface area contributed by atoms with E-state index in [0.717, 1.165) is 45.6 Å². The van der Waals surface area contributed by atoms with Crippen LogP contribution in [0.15, 0.2) is 59.3 Å². The number of ether oxygens (including phenoxy) is 1. The molecule has 0 fully saturated rings. The number of imidazole rings is 1. The number of aromatic nitrogens is 3. The lowest BCUT2D eigenvalue weighted by atomic mass is 10.1. The lowest BCUT2D eigenvalue weighted by molar-refractivity contribution is 0.302. The van der Waals surface area contributed by atoms with Gasteiger partial charge in [0, 0.05) is 22.8 Å². The number of rotatable bonds is 7. The molecule has 3 aromatic heterocycles. The second-order valence-electron chi connectivity index (χ2n) is 7.13. The van der Waals surface area contributed by atoms with E-state index in [4.69, 9.17) is 9.72 Å². The minimum Gasteiger partial charge on any atom is -0.477 e. The van der Waals surface area contributed by atoms with Crippen molar-refractivity contribution in [1.82, 2.24) is 14.4 Å². The standard InChI is InChI=1S/C23H22BrFN4O/c1-15-4-9-21-28-22(17-5-7-18(25)8-6-17)23(29(21)14-15)30-11-3-10-26-19-12-20(24)16(2)27-13-19/h4-9,12-14,26H,3,10-11H2,1-2H3. The van der Waals surface area contributed by atoms with Gasteiger partial charge >= 0.3 is 0 Å². The third-order valence-electron chi connectivity index (χ3n) is 4.75. The van der Waals surface area contributed by atoms with Gasteiger partial charge in [-0.1, -0.05) is 6.07 Å². The Morgan fingerprint density at radius 1 is 1.13 bits per heavy atom. The zero-order valence-electron chi connectivity index (χ0n) is 16.8. The lowest BCUT2D eigenvalue weighted by Crippen LogP contribution is -2.09. The molecule has 4 aromatic rings. The highest BCUT2D eigenvalue weighted by molar-refractivity contribution is 9.10. The van der Waals surface area contributed by atoms with Gasteiger partial charge in [-0.05, 0) is 78.2 Å². The first-order valence-electron chi connectivity index (χ1n) is 9.75. The molecule has 5 nitrogen and oxygen atoms in total. The van der Waals surface area contributed by atoms with Crippen LogP contribution < -0.4 is 10.1 Å². The normalized spacial score (nSPS) is 11.1. The van der Waals surface area contributed by atoms with E-state index in [9.17, 15) is 4.39 Å². The molecule has 7 heteroatoms. The number of hydrogen-bond donors (Lipinski definition) is 1. The van der Waals surface area contributed by atoms with E-state index in [1.807, 2.05) is 48.8 Å². The van der Waals surface area contributed by atoms with Crippen molar-refractivity contribution in [2.24, 2.45) is 0 Å². The number of halogens is 2. The van der Waals surface area contributed by atoms with Gasteiger partial charge in [0.1, 0.15) is 17.2 Å². The van der Waals surface area contributed by atoms with Gasteiger partial charge in [0.15, 0.2) is 0 Å². The minimum atomic E-state index is -0.274. The number of fused-ring (bicyclic) bond motifs is 1. The first kappa shape index (κ1) is 20.3. The molecule has 154 valence electrons. The molecule has 3 heterocycles. The summed E-state index contributed by atoms with van der Waals surface area (Å²) in [7, 11) is 0. The second kappa shape index (κ2) is 8.83. The smallest absolute Gasteiger partial charge is 0.226 e. The maximum atomic E-state index is 13.4. The summed E-state index contributed by atoms with van der Waals surface area (Å²) < 4.78 is 22.4. The largest absolute Gasteiger partial charge is 0.477 e. The molecule has 0 spiro atoms. The molecule has 0 saturated carbocycles. The molecule has 0 aliphatic rings. The first-order valence-corrected chi connectivity index (χ1v) is 10.5. The van der Waals surface area contributed by atoms with Crippen LogP contribution >= 0.6 is 15.9 Å². The number of hydrogen-bond acceptors (Lipinski definition) is 4. The van der Waals surface area contributed by atoms with Crippen molar-refractivity contribution in [3.05, 3.63) is 76.4 Å². The molecule has 1 N–H and O–H groups in total. The Morgan fingerprint density at radius 2 is 1.93 bits per heavy atom. The molecule has 0 aliphatic carbocycles. The number of benzene rings is 1. The Labute approximate surface area is 183 Å². The predicted octanol–water partition coefficient (Wildman–Crippen LogP) is 5.80. The lowest BCUT2D eigenvalue weighted by Gasteiger charge is -2.10. The molecular weight excluding hydrogens is 447 g/mol. The summed E-state index contributed by atoms with van der Waals surface area (Å²) in [6.07, 6.45) is 4.62. The van der Waals surface area contributed by atoms with Crippen molar-refractivity contribution in [2.45, 2.75) is 20.3 Å². The average Bonchev–Trinajstić information content (AvgIpc) is 3.08. The van der Waals surface area contributed by atoms with Gasteiger partial charge in [-0.3, -0.25) is 9.38 Å². The Balaban J connectivity index is 1.48. The van der Waals surface area contributed by atoms with Gasteiger partial charge in [-0.15, -0.1) is 0 Å². The molecule has 0 atom stereocenters. The van der Waals surface area contributed by atoms with Gasteiger partial charge in [-0.25, -0.2) is 9.37 Å². The summed E-state index contributed by atoms with van der Waals surface area (Å²) in [4.78, 5) is 9.04. The van der Waals surface area contributed by atoms with Crippen molar-refractivity contribution in [3.8, 4) is 17.1 Å². The second-order valence-corrected chi connectivity index (χ2v) is 7.98. The number of aryl methyl sites for hydroxylation is 2. The van der Waals surface area contributed by atoms with Crippen molar-refractivity contribution in [3.63, 3.8) is 0 Å². The van der Waals surface area contributed by atoms with E-state index in [2.05, 4.69) is 26.2 Å². The third kappa shape index (κ3) is 4.46. The van der Waals surface area contributed by atoms with E-state index in [-0.39, 0.29) is 5.82 Å². The van der Waals surface area contributed by atoms with Crippen LogP contribution in [-0.4, -0.2) is 27.5 Å². The summed E-state index contributed by atoms with van der Waals surface area (Å²) in [6, 6.07) is 12.3. The van der Waals surface area contributed by atoms with Crippen LogP contribution in [-0.2, 0) is 0 Å². The molecule has 0 amide bonds. The van der Waals surface area contributed by atoms with Crippen LogP contribution in [0.25, 0.3) is 16.9 Å². The third-order valence-corrected chi connectivity index (χ3v) is 5.56. The fourth-order valence-corrected chi connectivity index (χ4v) is 3.49. The van der Waals surface area contributed by atoms with Crippen molar-refractivity contribution in [1.29, 1.82) is 0 Å². The monoisotopic (exact) mass is 468 g/mol. The molecule has 4 rings (SSSR count). The quantitative estimate of drug-likeness (QED) is 0.348. The number of pyridine rings is 2. The Bertz CT molecular complexity index is 1170. The van der Waals surface area contributed by atoms with Gasteiger partial charge < -0.3 is 10.1 Å². The molecule has 1 aromatic carbocycles. The zero-order valence-corrected chi connectivity index (χ0v) is 18.4. The topological polar surface area (TPSA) is 51.5 Å².